The van der Waals surface area contributed by atoms with E-state index < -0.39 is 0 Å². The molecule has 154 valence electrons. The van der Waals surface area contributed by atoms with Gasteiger partial charge in [0.1, 0.15) is 6.61 Å². The Morgan fingerprint density at radius 2 is 1.59 bits per heavy atom. The number of hydrogen-bond donors (Lipinski definition) is 1. The average molecular weight is 394 g/mol. The molecule has 0 radical (unpaired) electrons. The largest absolute Gasteiger partial charge is 0.448 e. The van der Waals surface area contributed by atoms with Gasteiger partial charge in [0.25, 0.3) is 0 Å². The van der Waals surface area contributed by atoms with Crippen molar-refractivity contribution < 1.29 is 14.6 Å². The van der Waals surface area contributed by atoms with Crippen LogP contribution >= 0.6 is 0 Å². The van der Waals surface area contributed by atoms with E-state index in [2.05, 4.69) is 43.3 Å². The average Bonchev–Trinajstić information content (AvgIpc) is 3.10. The van der Waals surface area contributed by atoms with Crippen LogP contribution < -0.4 is 0 Å². The molecule has 2 aliphatic carbocycles. The van der Waals surface area contributed by atoms with Gasteiger partial charge >= 0.3 is 6.09 Å². The minimum atomic E-state index is -0.291. The predicted molar refractivity (Wildman–Crippen MR) is 115 cm³/mol. The molecule has 0 aliphatic heterocycles. The number of carbonyl (C=O) groups excluding carboxylic acids is 1. The first-order valence-electron chi connectivity index (χ1n) is 10.9. The van der Waals surface area contributed by atoms with Gasteiger partial charge in [-0.15, -0.1) is 0 Å². The molecule has 4 heteroatoms. The van der Waals surface area contributed by atoms with E-state index in [1.807, 2.05) is 12.1 Å². The van der Waals surface area contributed by atoms with Gasteiger partial charge in [-0.25, -0.2) is 4.79 Å². The third-order valence-corrected chi connectivity index (χ3v) is 6.75. The maximum atomic E-state index is 13.0. The van der Waals surface area contributed by atoms with Gasteiger partial charge in [-0.1, -0.05) is 61.9 Å². The van der Waals surface area contributed by atoms with Crippen LogP contribution in [0.4, 0.5) is 4.79 Å². The topological polar surface area (TPSA) is 49.8 Å². The molecule has 29 heavy (non-hydrogen) atoms. The van der Waals surface area contributed by atoms with Crippen LogP contribution in [0.1, 0.15) is 56.1 Å². The Bertz CT molecular complexity index is 796. The second-order valence-electron chi connectivity index (χ2n) is 8.30. The minimum absolute atomic E-state index is 0.0299. The lowest BCUT2D eigenvalue weighted by atomic mass is 9.84. The Morgan fingerprint density at radius 1 is 1.00 bits per heavy atom. The number of rotatable bonds is 6. The highest BCUT2D eigenvalue weighted by molar-refractivity contribution is 5.79. The van der Waals surface area contributed by atoms with Crippen LogP contribution in [-0.2, 0) is 4.74 Å². The Kier molecular flexibility index (Phi) is 6.19. The van der Waals surface area contributed by atoms with E-state index in [4.69, 9.17) is 4.74 Å². The highest BCUT2D eigenvalue weighted by Crippen LogP contribution is 2.44. The van der Waals surface area contributed by atoms with Gasteiger partial charge < -0.3 is 14.7 Å². The molecule has 0 spiro atoms. The second kappa shape index (κ2) is 9.00. The fraction of sp³-hybridized carbons (Fsp3) is 0.480. The molecule has 0 saturated heterocycles. The number of hydrogen-bond acceptors (Lipinski definition) is 3. The molecule has 1 saturated carbocycles. The third-order valence-electron chi connectivity index (χ3n) is 6.75. The van der Waals surface area contributed by atoms with Gasteiger partial charge in [0.05, 0.1) is 6.61 Å². The summed E-state index contributed by atoms with van der Waals surface area (Å²) in [5.41, 5.74) is 4.90. The third kappa shape index (κ3) is 4.04. The first kappa shape index (κ1) is 20.0. The zero-order chi connectivity index (χ0) is 20.2. The number of fused-ring (bicyclic) bond motifs is 3. The van der Waals surface area contributed by atoms with Gasteiger partial charge in [0, 0.05) is 18.5 Å². The maximum Gasteiger partial charge on any atom is 0.410 e. The van der Waals surface area contributed by atoms with Crippen LogP contribution in [0.2, 0.25) is 0 Å². The molecule has 0 aromatic heterocycles. The molecular weight excluding hydrogens is 362 g/mol. The van der Waals surface area contributed by atoms with Gasteiger partial charge in [0.15, 0.2) is 0 Å². The summed E-state index contributed by atoms with van der Waals surface area (Å²) in [4.78, 5) is 14.7. The van der Waals surface area contributed by atoms with Crippen LogP contribution in [0.15, 0.2) is 48.5 Å². The lowest BCUT2D eigenvalue weighted by molar-refractivity contribution is 0.0612. The fourth-order valence-electron chi connectivity index (χ4n) is 5.07. The van der Waals surface area contributed by atoms with E-state index in [0.29, 0.717) is 13.2 Å². The molecule has 1 amide bonds. The van der Waals surface area contributed by atoms with E-state index in [1.165, 1.54) is 28.7 Å². The smallest absolute Gasteiger partial charge is 0.410 e. The number of benzene rings is 2. The standard InChI is InChI=1S/C25H31NO3/c1-2-18-11-13-19(14-12-18)26(15-16-27)25(28)29-17-24-22-9-5-3-7-20(22)21-8-4-6-10-23(21)24/h3-10,18-19,24,27H,2,11-17H2,1H3. The SMILES string of the molecule is CCC1CCC(N(CCO)C(=O)OCC2c3ccccc3-c3ccccc32)CC1. The Hall–Kier alpha value is -2.33. The summed E-state index contributed by atoms with van der Waals surface area (Å²) in [5, 5.41) is 9.51. The molecule has 4 nitrogen and oxygen atoms in total. The van der Waals surface area contributed by atoms with Crippen LogP contribution in [0, 0.1) is 5.92 Å². The lowest BCUT2D eigenvalue weighted by Crippen LogP contribution is -2.44. The number of aliphatic hydroxyl groups is 1. The Morgan fingerprint density at radius 3 is 2.14 bits per heavy atom. The summed E-state index contributed by atoms with van der Waals surface area (Å²) in [6, 6.07) is 16.9. The van der Waals surface area contributed by atoms with Crippen molar-refractivity contribution in [3.63, 3.8) is 0 Å². The summed E-state index contributed by atoms with van der Waals surface area (Å²) in [6.07, 6.45) is 5.23. The number of carbonyl (C=O) groups is 1. The van der Waals surface area contributed by atoms with Gasteiger partial charge in [-0.2, -0.15) is 0 Å². The summed E-state index contributed by atoms with van der Waals surface area (Å²) in [5.74, 6) is 0.836. The molecule has 2 aliphatic rings. The molecule has 2 aromatic carbocycles. The van der Waals surface area contributed by atoms with E-state index in [0.717, 1.165) is 31.6 Å². The predicted octanol–water partition coefficient (Wildman–Crippen LogP) is 5.20. The summed E-state index contributed by atoms with van der Waals surface area (Å²) < 4.78 is 5.84. The number of amides is 1. The lowest BCUT2D eigenvalue weighted by Gasteiger charge is -2.36. The normalized spacial score (nSPS) is 20.8. The number of ether oxygens (including phenoxy) is 1. The van der Waals surface area contributed by atoms with Crippen molar-refractivity contribution >= 4 is 6.09 Å². The van der Waals surface area contributed by atoms with E-state index >= 15 is 0 Å². The quantitative estimate of drug-likeness (QED) is 0.734. The van der Waals surface area contributed by atoms with Crippen molar-refractivity contribution in [1.82, 2.24) is 4.90 Å². The number of nitrogens with zero attached hydrogens (tertiary/aromatic N) is 1. The van der Waals surface area contributed by atoms with Gasteiger partial charge in [-0.3, -0.25) is 0 Å². The highest BCUT2D eigenvalue weighted by atomic mass is 16.6. The monoisotopic (exact) mass is 393 g/mol. The van der Waals surface area contributed by atoms with Crippen molar-refractivity contribution in [2.24, 2.45) is 5.92 Å². The highest BCUT2D eigenvalue weighted by Gasteiger charge is 2.32. The molecule has 2 aromatic rings. The molecule has 0 bridgehead atoms. The van der Waals surface area contributed by atoms with E-state index in [1.54, 1.807) is 4.90 Å². The second-order valence-corrected chi connectivity index (χ2v) is 8.30. The van der Waals surface area contributed by atoms with Gasteiger partial charge in [-0.05, 0) is 53.9 Å². The van der Waals surface area contributed by atoms with Crippen LogP contribution in [0.5, 0.6) is 0 Å². The Labute approximate surface area is 173 Å². The zero-order valence-electron chi connectivity index (χ0n) is 17.2. The van der Waals surface area contributed by atoms with Crippen LogP contribution in [-0.4, -0.2) is 41.9 Å². The molecule has 0 unspecified atom stereocenters. The molecule has 0 atom stereocenters. The molecule has 0 heterocycles. The molecule has 4 rings (SSSR count). The van der Waals surface area contributed by atoms with Crippen molar-refractivity contribution in [3.8, 4) is 11.1 Å². The summed E-state index contributed by atoms with van der Waals surface area (Å²) in [7, 11) is 0. The minimum Gasteiger partial charge on any atom is -0.448 e. The fourth-order valence-corrected chi connectivity index (χ4v) is 5.07. The van der Waals surface area contributed by atoms with E-state index in [-0.39, 0.29) is 24.7 Å². The van der Waals surface area contributed by atoms with E-state index in [9.17, 15) is 9.90 Å². The van der Waals surface area contributed by atoms with Crippen LogP contribution in [0.3, 0.4) is 0 Å². The zero-order valence-corrected chi connectivity index (χ0v) is 17.2. The number of aliphatic hydroxyl groups excluding tert-OH is 1. The molecule has 1 N–H and O–H groups in total. The van der Waals surface area contributed by atoms with Crippen molar-refractivity contribution in [2.45, 2.75) is 51.0 Å². The first-order valence-corrected chi connectivity index (χ1v) is 10.9. The first-order chi connectivity index (χ1) is 14.2. The van der Waals surface area contributed by atoms with Crippen LogP contribution in [0.25, 0.3) is 11.1 Å². The van der Waals surface area contributed by atoms with Crippen molar-refractivity contribution in [2.75, 3.05) is 19.8 Å². The Balaban J connectivity index is 1.45. The summed E-state index contributed by atoms with van der Waals surface area (Å²) >= 11 is 0. The van der Waals surface area contributed by atoms with Crippen molar-refractivity contribution in [1.29, 1.82) is 0 Å². The van der Waals surface area contributed by atoms with Crippen molar-refractivity contribution in [3.05, 3.63) is 59.7 Å². The summed E-state index contributed by atoms with van der Waals surface area (Å²) in [6.45, 7) is 2.89. The molecular formula is C25H31NO3. The maximum absolute atomic E-state index is 13.0. The van der Waals surface area contributed by atoms with Gasteiger partial charge in [0.2, 0.25) is 0 Å². The molecule has 1 fully saturated rings.